The monoisotopic (exact) mass is 393 g/mol. The van der Waals surface area contributed by atoms with Crippen molar-refractivity contribution in [2.45, 2.75) is 18.6 Å². The summed E-state index contributed by atoms with van der Waals surface area (Å²) in [5.41, 5.74) is 0.0650. The second kappa shape index (κ2) is 9.44. The first-order chi connectivity index (χ1) is 11.4. The van der Waals surface area contributed by atoms with Gasteiger partial charge in [0.25, 0.3) is 5.69 Å². The third-order valence-electron chi connectivity index (χ3n) is 4.26. The molecular weight excluding hydrogens is 370 g/mol. The van der Waals surface area contributed by atoms with E-state index in [0.717, 1.165) is 25.9 Å². The summed E-state index contributed by atoms with van der Waals surface area (Å²) in [6.07, 6.45) is 1.67. The van der Waals surface area contributed by atoms with Gasteiger partial charge in [0.1, 0.15) is 0 Å². The molecular formula is C15H24ClN3O5S. The number of nitro groups is 1. The largest absolute Gasteiger partial charge is 0.384 e. The van der Waals surface area contributed by atoms with Crippen LogP contribution >= 0.6 is 12.4 Å². The van der Waals surface area contributed by atoms with Crippen LogP contribution in [0.2, 0.25) is 0 Å². The molecule has 0 bridgehead atoms. The van der Waals surface area contributed by atoms with Gasteiger partial charge in [0.15, 0.2) is 0 Å². The highest BCUT2D eigenvalue weighted by Gasteiger charge is 2.33. The standard InChI is InChI=1S/C15H23N3O5S.ClH/c1-23-12-15(5-7-16-8-6-15)11-17-24(21,22)10-13-3-2-4-14(9-13)18(19)20;/h2-4,9,16-17H,5-8,10-12H2,1H3;1H. The Morgan fingerprint density at radius 2 is 2.04 bits per heavy atom. The van der Waals surface area contributed by atoms with Crippen LogP contribution in [0.1, 0.15) is 18.4 Å². The van der Waals surface area contributed by atoms with Crippen molar-refractivity contribution >= 4 is 28.1 Å². The van der Waals surface area contributed by atoms with E-state index in [0.29, 0.717) is 18.7 Å². The van der Waals surface area contributed by atoms with Crippen LogP contribution in [-0.4, -0.2) is 46.7 Å². The highest BCUT2D eigenvalue weighted by molar-refractivity contribution is 7.88. The van der Waals surface area contributed by atoms with Crippen LogP contribution in [-0.2, 0) is 20.5 Å². The van der Waals surface area contributed by atoms with Crippen LogP contribution in [0.5, 0.6) is 0 Å². The molecule has 2 N–H and O–H groups in total. The van der Waals surface area contributed by atoms with Gasteiger partial charge in [-0.1, -0.05) is 12.1 Å². The number of nitrogens with zero attached hydrogens (tertiary/aromatic N) is 1. The zero-order valence-corrected chi connectivity index (χ0v) is 15.7. The van der Waals surface area contributed by atoms with E-state index in [-0.39, 0.29) is 29.3 Å². The fourth-order valence-corrected chi connectivity index (χ4v) is 4.18. The molecule has 0 amide bonds. The van der Waals surface area contributed by atoms with Crippen LogP contribution in [0.25, 0.3) is 0 Å². The number of methoxy groups -OCH3 is 1. The van der Waals surface area contributed by atoms with Crippen molar-refractivity contribution in [1.29, 1.82) is 0 Å². The first-order valence-corrected chi connectivity index (χ1v) is 9.41. The van der Waals surface area contributed by atoms with Gasteiger partial charge in [-0.25, -0.2) is 13.1 Å². The van der Waals surface area contributed by atoms with Gasteiger partial charge >= 0.3 is 0 Å². The number of nitro benzene ring substituents is 1. The van der Waals surface area contributed by atoms with E-state index in [9.17, 15) is 18.5 Å². The topological polar surface area (TPSA) is 111 Å². The van der Waals surface area contributed by atoms with Crippen LogP contribution in [0.15, 0.2) is 24.3 Å². The number of hydrogen-bond acceptors (Lipinski definition) is 6. The van der Waals surface area contributed by atoms with Crippen molar-refractivity contribution in [2.75, 3.05) is 33.4 Å². The average molecular weight is 394 g/mol. The fraction of sp³-hybridized carbons (Fsp3) is 0.600. The molecule has 1 aliphatic heterocycles. The number of non-ortho nitro benzene ring substituents is 1. The molecule has 1 fully saturated rings. The van der Waals surface area contributed by atoms with Crippen molar-refractivity contribution < 1.29 is 18.1 Å². The minimum Gasteiger partial charge on any atom is -0.384 e. The number of piperidine rings is 1. The van der Waals surface area contributed by atoms with Crippen molar-refractivity contribution in [1.82, 2.24) is 10.0 Å². The van der Waals surface area contributed by atoms with Crippen molar-refractivity contribution in [3.8, 4) is 0 Å². The third kappa shape index (κ3) is 6.52. The van der Waals surface area contributed by atoms with Gasteiger partial charge in [-0.3, -0.25) is 10.1 Å². The van der Waals surface area contributed by atoms with Crippen LogP contribution < -0.4 is 10.0 Å². The summed E-state index contributed by atoms with van der Waals surface area (Å²) >= 11 is 0. The van der Waals surface area contributed by atoms with Crippen LogP contribution in [0.4, 0.5) is 5.69 Å². The Kier molecular flexibility index (Phi) is 8.23. The van der Waals surface area contributed by atoms with E-state index in [4.69, 9.17) is 4.74 Å². The highest BCUT2D eigenvalue weighted by atomic mass is 35.5. The fourth-order valence-electron chi connectivity index (χ4n) is 2.93. The van der Waals surface area contributed by atoms with Gasteiger partial charge in [-0.2, -0.15) is 0 Å². The number of sulfonamides is 1. The Morgan fingerprint density at radius 3 is 2.64 bits per heavy atom. The second-order valence-electron chi connectivity index (χ2n) is 6.19. The van der Waals surface area contributed by atoms with Crippen molar-refractivity contribution in [3.63, 3.8) is 0 Å². The maximum Gasteiger partial charge on any atom is 0.269 e. The number of halogens is 1. The Bertz CT molecular complexity index is 672. The predicted molar refractivity (Wildman–Crippen MR) is 97.4 cm³/mol. The van der Waals surface area contributed by atoms with Gasteiger partial charge in [-0.15, -0.1) is 12.4 Å². The lowest BCUT2D eigenvalue weighted by molar-refractivity contribution is -0.384. The Morgan fingerprint density at radius 1 is 1.36 bits per heavy atom. The van der Waals surface area contributed by atoms with Crippen LogP contribution in [0.3, 0.4) is 0 Å². The second-order valence-corrected chi connectivity index (χ2v) is 8.00. The molecule has 25 heavy (non-hydrogen) atoms. The number of ether oxygens (including phenoxy) is 1. The Balaban J connectivity index is 0.00000312. The predicted octanol–water partition coefficient (Wildman–Crippen LogP) is 1.45. The molecule has 0 aromatic heterocycles. The first kappa shape index (κ1) is 21.8. The van der Waals surface area contributed by atoms with E-state index in [1.54, 1.807) is 13.2 Å². The van der Waals surface area contributed by atoms with Crippen LogP contribution in [0, 0.1) is 15.5 Å². The Hall–Kier alpha value is -1.26. The minimum atomic E-state index is -3.58. The molecule has 0 atom stereocenters. The molecule has 10 heteroatoms. The molecule has 1 heterocycles. The molecule has 1 aromatic rings. The summed E-state index contributed by atoms with van der Waals surface area (Å²) in [5.74, 6) is -0.282. The van der Waals surface area contributed by atoms with E-state index in [1.165, 1.54) is 18.2 Å². The molecule has 142 valence electrons. The smallest absolute Gasteiger partial charge is 0.269 e. The van der Waals surface area contributed by atoms with Gasteiger partial charge in [0, 0.05) is 31.2 Å². The van der Waals surface area contributed by atoms with Gasteiger partial charge in [0.05, 0.1) is 17.3 Å². The number of nitrogens with one attached hydrogen (secondary N) is 2. The number of rotatable bonds is 8. The van der Waals surface area contributed by atoms with Crippen molar-refractivity contribution in [2.24, 2.45) is 5.41 Å². The van der Waals surface area contributed by atoms with Gasteiger partial charge in [0.2, 0.25) is 10.0 Å². The summed E-state index contributed by atoms with van der Waals surface area (Å²) in [5, 5.41) is 14.0. The summed E-state index contributed by atoms with van der Waals surface area (Å²) in [6, 6.07) is 5.69. The van der Waals surface area contributed by atoms with E-state index in [1.807, 2.05) is 0 Å². The molecule has 1 aliphatic rings. The van der Waals surface area contributed by atoms with Gasteiger partial charge in [-0.05, 0) is 31.5 Å². The number of benzene rings is 1. The van der Waals surface area contributed by atoms with Crippen molar-refractivity contribution in [3.05, 3.63) is 39.9 Å². The minimum absolute atomic E-state index is 0. The molecule has 0 spiro atoms. The average Bonchev–Trinajstić information content (AvgIpc) is 2.54. The summed E-state index contributed by atoms with van der Waals surface area (Å²) in [7, 11) is -1.97. The Labute approximate surface area is 153 Å². The first-order valence-electron chi connectivity index (χ1n) is 7.76. The maximum atomic E-state index is 12.3. The normalized spacial score (nSPS) is 16.8. The van der Waals surface area contributed by atoms with Gasteiger partial charge < -0.3 is 10.1 Å². The lowest BCUT2D eigenvalue weighted by Gasteiger charge is -2.37. The molecule has 0 saturated carbocycles. The molecule has 0 unspecified atom stereocenters. The molecule has 8 nitrogen and oxygen atoms in total. The maximum absolute atomic E-state index is 12.3. The highest BCUT2D eigenvalue weighted by Crippen LogP contribution is 2.28. The van der Waals surface area contributed by atoms with E-state index >= 15 is 0 Å². The molecule has 0 aliphatic carbocycles. The molecule has 0 radical (unpaired) electrons. The quantitative estimate of drug-likeness (QED) is 0.511. The van der Waals surface area contributed by atoms with E-state index in [2.05, 4.69) is 10.0 Å². The summed E-state index contributed by atoms with van der Waals surface area (Å²) in [4.78, 5) is 10.3. The lowest BCUT2D eigenvalue weighted by atomic mass is 9.80. The zero-order valence-electron chi connectivity index (χ0n) is 14.1. The summed E-state index contributed by atoms with van der Waals surface area (Å²) < 4.78 is 32.6. The van der Waals surface area contributed by atoms with E-state index < -0.39 is 14.9 Å². The molecule has 1 saturated heterocycles. The lowest BCUT2D eigenvalue weighted by Crippen LogP contribution is -2.47. The molecule has 1 aromatic carbocycles. The SMILES string of the molecule is COCC1(CNS(=O)(=O)Cc2cccc([N+](=O)[O-])c2)CCNCC1.Cl. The summed E-state index contributed by atoms with van der Waals surface area (Å²) in [6.45, 7) is 2.46. The third-order valence-corrected chi connectivity index (χ3v) is 5.56. The number of hydrogen-bond donors (Lipinski definition) is 2. The molecule has 2 rings (SSSR count). The zero-order chi connectivity index (χ0) is 17.6.